The van der Waals surface area contributed by atoms with E-state index in [1.165, 1.54) is 11.3 Å². The van der Waals surface area contributed by atoms with E-state index in [9.17, 15) is 14.4 Å². The fraction of sp³-hybridized carbons (Fsp3) is 0.487. The monoisotopic (exact) mass is 704 g/mol. The Morgan fingerprint density at radius 2 is 1.71 bits per heavy atom. The Morgan fingerprint density at radius 3 is 2.44 bits per heavy atom. The Bertz CT molecular complexity index is 2020. The van der Waals surface area contributed by atoms with Gasteiger partial charge in [-0.25, -0.2) is 19.3 Å². The van der Waals surface area contributed by atoms with Crippen LogP contribution in [-0.4, -0.2) is 97.8 Å². The first kappa shape index (κ1) is 34.2. The minimum Gasteiger partial charge on any atom is -0.369 e. The van der Waals surface area contributed by atoms with Gasteiger partial charge in [0.05, 0.1) is 12.6 Å². The quantitative estimate of drug-likeness (QED) is 0.185. The number of benzene rings is 1. The number of fused-ring (bicyclic) bond motifs is 2. The number of amides is 2. The van der Waals surface area contributed by atoms with Crippen molar-refractivity contribution in [3.63, 3.8) is 0 Å². The highest BCUT2D eigenvalue weighted by Crippen LogP contribution is 2.35. The Kier molecular flexibility index (Phi) is 9.63. The highest BCUT2D eigenvalue weighted by molar-refractivity contribution is 6.00. The largest absolute Gasteiger partial charge is 0.369 e. The van der Waals surface area contributed by atoms with Gasteiger partial charge in [0.2, 0.25) is 17.8 Å². The summed E-state index contributed by atoms with van der Waals surface area (Å²) in [5.74, 6) is 1.88. The van der Waals surface area contributed by atoms with Gasteiger partial charge in [0, 0.05) is 68.3 Å². The zero-order chi connectivity index (χ0) is 35.8. The van der Waals surface area contributed by atoms with Crippen molar-refractivity contribution in [2.45, 2.75) is 70.4 Å². The maximum atomic E-state index is 13.5. The molecule has 1 aliphatic carbocycles. The number of allylic oxidation sites excluding steroid dienone is 1. The Labute approximate surface area is 303 Å². The number of hydrogen-bond acceptors (Lipinski definition) is 10. The molecule has 13 nitrogen and oxygen atoms in total. The zero-order valence-corrected chi connectivity index (χ0v) is 30.0. The number of nitrogens with zero attached hydrogens (tertiary/aromatic N) is 8. The fourth-order valence-electron chi connectivity index (χ4n) is 8.56. The Balaban J connectivity index is 0.892. The van der Waals surface area contributed by atoms with Crippen LogP contribution in [-0.2, 0) is 22.6 Å². The third kappa shape index (κ3) is 6.74. The third-order valence-corrected chi connectivity index (χ3v) is 11.5. The van der Waals surface area contributed by atoms with Crippen molar-refractivity contribution in [3.8, 4) is 5.82 Å². The molecule has 0 radical (unpaired) electrons. The van der Waals surface area contributed by atoms with E-state index in [1.54, 1.807) is 17.0 Å². The molecular weight excluding hydrogens is 656 g/mol. The number of carbonyl (C=O) groups is 2. The molecule has 0 saturated carbocycles. The van der Waals surface area contributed by atoms with Crippen LogP contribution < -0.4 is 21.1 Å². The SMILES string of the molecule is C=CCn1c(=O)c2cnc(Nc3ccc(N4CCN(CC5CCN(C6CCC(=O)NC6=O)CC5)CC4)cc3)nc2n1-c1ccc2c(n1)C(CC)CC2. The van der Waals surface area contributed by atoms with Crippen molar-refractivity contribution in [1.82, 2.24) is 39.4 Å². The van der Waals surface area contributed by atoms with E-state index in [-0.39, 0.29) is 23.4 Å². The van der Waals surface area contributed by atoms with Crippen LogP contribution in [0, 0.1) is 5.92 Å². The van der Waals surface area contributed by atoms with E-state index in [2.05, 4.69) is 74.2 Å². The molecule has 0 spiro atoms. The van der Waals surface area contributed by atoms with Crippen LogP contribution in [0.1, 0.15) is 62.6 Å². The second-order valence-electron chi connectivity index (χ2n) is 14.7. The van der Waals surface area contributed by atoms with Gasteiger partial charge in [0.1, 0.15) is 5.39 Å². The summed E-state index contributed by atoms with van der Waals surface area (Å²) in [6.45, 7) is 13.3. The number of imide groups is 1. The summed E-state index contributed by atoms with van der Waals surface area (Å²) in [5, 5.41) is 6.29. The van der Waals surface area contributed by atoms with Gasteiger partial charge in [0.25, 0.3) is 5.56 Å². The fourth-order valence-corrected chi connectivity index (χ4v) is 8.56. The van der Waals surface area contributed by atoms with Crippen molar-refractivity contribution in [1.29, 1.82) is 0 Å². The topological polar surface area (TPSA) is 134 Å². The highest BCUT2D eigenvalue weighted by Gasteiger charge is 2.34. The molecular formula is C39H48N10O3. The normalized spacial score (nSPS) is 21.8. The minimum absolute atomic E-state index is 0.125. The summed E-state index contributed by atoms with van der Waals surface area (Å²) < 4.78 is 3.44. The van der Waals surface area contributed by atoms with Gasteiger partial charge in [-0.05, 0) is 93.4 Å². The number of aromatic nitrogens is 5. The van der Waals surface area contributed by atoms with Crippen LogP contribution in [0.4, 0.5) is 17.3 Å². The average molecular weight is 705 g/mol. The molecule has 0 bridgehead atoms. The van der Waals surface area contributed by atoms with E-state index in [0.717, 1.165) is 89.3 Å². The van der Waals surface area contributed by atoms with Gasteiger partial charge in [-0.1, -0.05) is 19.1 Å². The molecule has 6 heterocycles. The van der Waals surface area contributed by atoms with Gasteiger partial charge in [-0.15, -0.1) is 6.58 Å². The lowest BCUT2D eigenvalue weighted by Crippen LogP contribution is -2.55. The van der Waals surface area contributed by atoms with Crippen molar-refractivity contribution in [2.75, 3.05) is 56.0 Å². The minimum atomic E-state index is -0.171. The van der Waals surface area contributed by atoms with Crippen molar-refractivity contribution < 1.29 is 9.59 Å². The number of rotatable bonds is 10. The number of piperazine rings is 1. The number of hydrogen-bond donors (Lipinski definition) is 2. The van der Waals surface area contributed by atoms with Gasteiger partial charge in [0.15, 0.2) is 11.5 Å². The van der Waals surface area contributed by atoms with E-state index >= 15 is 0 Å². The Hall–Kier alpha value is -4.88. The number of aryl methyl sites for hydroxylation is 1. The molecule has 8 rings (SSSR count). The smallest absolute Gasteiger partial charge is 0.278 e. The lowest BCUT2D eigenvalue weighted by atomic mass is 9.93. The van der Waals surface area contributed by atoms with Crippen LogP contribution in [0.3, 0.4) is 0 Å². The van der Waals surface area contributed by atoms with E-state index in [1.807, 2.05) is 10.7 Å². The summed E-state index contributed by atoms with van der Waals surface area (Å²) in [6.07, 6.45) is 9.75. The number of pyridine rings is 1. The lowest BCUT2D eigenvalue weighted by molar-refractivity contribution is -0.138. The van der Waals surface area contributed by atoms with Gasteiger partial charge < -0.3 is 10.2 Å². The van der Waals surface area contributed by atoms with E-state index in [4.69, 9.17) is 9.97 Å². The molecule has 4 aliphatic rings. The predicted octanol–water partition coefficient (Wildman–Crippen LogP) is 3.99. The number of carbonyl (C=O) groups excluding carboxylic acids is 2. The van der Waals surface area contributed by atoms with Crippen LogP contribution in [0.15, 0.2) is 60.0 Å². The number of nitrogens with one attached hydrogen (secondary N) is 2. The molecule has 3 aromatic heterocycles. The summed E-state index contributed by atoms with van der Waals surface area (Å²) in [6, 6.07) is 12.3. The zero-order valence-electron chi connectivity index (χ0n) is 30.0. The molecule has 2 amide bonds. The van der Waals surface area contributed by atoms with Gasteiger partial charge >= 0.3 is 0 Å². The van der Waals surface area contributed by atoms with E-state index < -0.39 is 0 Å². The first-order valence-corrected chi connectivity index (χ1v) is 18.9. The average Bonchev–Trinajstić information content (AvgIpc) is 3.70. The predicted molar refractivity (Wildman–Crippen MR) is 201 cm³/mol. The maximum absolute atomic E-state index is 13.5. The molecule has 52 heavy (non-hydrogen) atoms. The molecule has 3 saturated heterocycles. The Morgan fingerprint density at radius 1 is 0.923 bits per heavy atom. The molecule has 4 aromatic rings. The van der Waals surface area contributed by atoms with Crippen LogP contribution in [0.25, 0.3) is 16.9 Å². The van der Waals surface area contributed by atoms with Crippen LogP contribution in [0.2, 0.25) is 0 Å². The standard InChI is InChI=1S/C39H48N10O3/c1-3-17-48-38(52)31-24-40-39(44-36(31)49(48)33-13-7-28-6-5-27(4-2)35(28)42-33)41-29-8-10-30(11-9-29)46-22-20-45(21-23-46)25-26-15-18-47(19-16-26)32-12-14-34(50)43-37(32)51/h3,7-11,13,24,26-27,32H,1,4-6,12,14-23,25H2,2H3,(H,40,41,44)(H,43,50,51). The molecule has 1 aromatic carbocycles. The maximum Gasteiger partial charge on any atom is 0.278 e. The molecule has 13 heteroatoms. The lowest BCUT2D eigenvalue weighted by Gasteiger charge is -2.41. The van der Waals surface area contributed by atoms with Gasteiger partial charge in [-0.3, -0.25) is 29.5 Å². The summed E-state index contributed by atoms with van der Waals surface area (Å²) >= 11 is 0. The molecule has 2 atom stereocenters. The summed E-state index contributed by atoms with van der Waals surface area (Å²) in [5.41, 5.74) is 4.80. The number of piperidine rings is 2. The molecule has 3 fully saturated rings. The first-order chi connectivity index (χ1) is 25.4. The summed E-state index contributed by atoms with van der Waals surface area (Å²) in [7, 11) is 0. The van der Waals surface area contributed by atoms with Crippen LogP contribution >= 0.6 is 0 Å². The summed E-state index contributed by atoms with van der Waals surface area (Å²) in [4.78, 5) is 59.0. The molecule has 2 unspecified atom stereocenters. The molecule has 272 valence electrons. The van der Waals surface area contributed by atoms with Crippen molar-refractivity contribution in [2.24, 2.45) is 5.92 Å². The van der Waals surface area contributed by atoms with Gasteiger partial charge in [-0.2, -0.15) is 4.98 Å². The van der Waals surface area contributed by atoms with Crippen molar-refractivity contribution in [3.05, 3.63) is 76.9 Å². The van der Waals surface area contributed by atoms with Crippen molar-refractivity contribution >= 4 is 40.2 Å². The molecule has 3 aliphatic heterocycles. The number of anilines is 3. The second-order valence-corrected chi connectivity index (χ2v) is 14.7. The second kappa shape index (κ2) is 14.6. The highest BCUT2D eigenvalue weighted by atomic mass is 16.2. The van der Waals surface area contributed by atoms with Crippen LogP contribution in [0.5, 0.6) is 0 Å². The van der Waals surface area contributed by atoms with E-state index in [0.29, 0.717) is 54.0 Å². The third-order valence-electron chi connectivity index (χ3n) is 11.5. The number of likely N-dealkylation sites (tertiary alicyclic amines) is 1. The molecule has 2 N–H and O–H groups in total. The first-order valence-electron chi connectivity index (χ1n) is 18.9.